The Labute approximate surface area is 117 Å². The molecule has 0 saturated heterocycles. The number of rotatable bonds is 6. The molecule has 3 heteroatoms. The first kappa shape index (κ1) is 14.3. The highest BCUT2D eigenvalue weighted by Crippen LogP contribution is 2.21. The lowest BCUT2D eigenvalue weighted by atomic mass is 10.2. The average Bonchev–Trinajstić information content (AvgIpc) is 2.80. The van der Waals surface area contributed by atoms with Crippen LogP contribution in [0.5, 0.6) is 0 Å². The maximum absolute atomic E-state index is 4.71. The van der Waals surface area contributed by atoms with Crippen LogP contribution in [-0.4, -0.2) is 35.1 Å². The first-order valence-electron chi connectivity index (χ1n) is 7.56. The molecule has 3 nitrogen and oxygen atoms in total. The number of nitrogens with zero attached hydrogens (tertiary/aromatic N) is 2. The van der Waals surface area contributed by atoms with Gasteiger partial charge in [0.1, 0.15) is 5.82 Å². The molecule has 1 heterocycles. The zero-order chi connectivity index (χ0) is 13.8. The van der Waals surface area contributed by atoms with Gasteiger partial charge in [0, 0.05) is 30.9 Å². The zero-order valence-corrected chi connectivity index (χ0v) is 12.7. The quantitative estimate of drug-likeness (QED) is 0.853. The molecule has 1 aliphatic rings. The van der Waals surface area contributed by atoms with Crippen LogP contribution in [0.2, 0.25) is 0 Å². The van der Waals surface area contributed by atoms with Crippen molar-refractivity contribution in [2.24, 2.45) is 0 Å². The fourth-order valence-electron chi connectivity index (χ4n) is 2.94. The van der Waals surface area contributed by atoms with E-state index in [4.69, 9.17) is 4.98 Å². The van der Waals surface area contributed by atoms with Gasteiger partial charge in [-0.25, -0.2) is 4.98 Å². The van der Waals surface area contributed by atoms with Crippen LogP contribution in [0.25, 0.3) is 0 Å². The van der Waals surface area contributed by atoms with Crippen molar-refractivity contribution in [1.29, 1.82) is 0 Å². The smallest absolute Gasteiger partial charge is 0.126 e. The van der Waals surface area contributed by atoms with Crippen molar-refractivity contribution in [2.45, 2.75) is 59.0 Å². The van der Waals surface area contributed by atoms with Gasteiger partial charge < -0.3 is 5.32 Å². The van der Waals surface area contributed by atoms with Gasteiger partial charge in [0.15, 0.2) is 0 Å². The molecule has 1 aliphatic carbocycles. The van der Waals surface area contributed by atoms with E-state index in [0.717, 1.165) is 25.3 Å². The second-order valence-corrected chi connectivity index (χ2v) is 6.01. The second kappa shape index (κ2) is 6.38. The minimum atomic E-state index is 0.592. The fraction of sp³-hybridized carbons (Fsp3) is 0.688. The number of pyridine rings is 1. The molecular weight excluding hydrogens is 234 g/mol. The highest BCUT2D eigenvalue weighted by Gasteiger charge is 2.14. The molecule has 0 radical (unpaired) electrons. The summed E-state index contributed by atoms with van der Waals surface area (Å²) in [5.41, 5.74) is 2.74. The van der Waals surface area contributed by atoms with Gasteiger partial charge in [0.05, 0.1) is 0 Å². The first-order valence-corrected chi connectivity index (χ1v) is 7.56. The predicted molar refractivity (Wildman–Crippen MR) is 81.7 cm³/mol. The van der Waals surface area contributed by atoms with E-state index in [-0.39, 0.29) is 0 Å². The molecule has 0 aromatic carbocycles. The van der Waals surface area contributed by atoms with E-state index < -0.39 is 0 Å². The molecule has 1 aromatic rings. The van der Waals surface area contributed by atoms with Crippen LogP contribution in [0.3, 0.4) is 0 Å². The number of aromatic nitrogens is 1. The number of fused-ring (bicyclic) bond motifs is 1. The number of anilines is 1. The Bertz CT molecular complexity index is 404. The van der Waals surface area contributed by atoms with Crippen LogP contribution in [-0.2, 0) is 12.8 Å². The number of hydrogen-bond donors (Lipinski definition) is 1. The molecule has 0 aliphatic heterocycles. The highest BCUT2D eigenvalue weighted by atomic mass is 15.2. The summed E-state index contributed by atoms with van der Waals surface area (Å²) in [7, 11) is 0. The normalized spacial score (nSPS) is 14.5. The lowest BCUT2D eigenvalue weighted by molar-refractivity contribution is 0.182. The standard InChI is InChI=1S/C16H27N3/c1-12(2)19(13(3)4)11-10-17-16-9-8-14-6-5-7-15(14)18-16/h8-9,12-13H,5-7,10-11H2,1-4H3,(H,17,18). The van der Waals surface area contributed by atoms with Crippen LogP contribution in [0.1, 0.15) is 45.4 Å². The van der Waals surface area contributed by atoms with E-state index in [1.807, 2.05) is 0 Å². The third kappa shape index (κ3) is 3.69. The number of nitrogens with one attached hydrogen (secondary N) is 1. The van der Waals surface area contributed by atoms with Crippen LogP contribution in [0.15, 0.2) is 12.1 Å². The zero-order valence-electron chi connectivity index (χ0n) is 12.7. The first-order chi connectivity index (χ1) is 9.08. The molecule has 2 rings (SSSR count). The fourth-order valence-corrected chi connectivity index (χ4v) is 2.94. The Balaban J connectivity index is 1.85. The molecule has 0 spiro atoms. The van der Waals surface area contributed by atoms with Crippen molar-refractivity contribution in [3.63, 3.8) is 0 Å². The summed E-state index contributed by atoms with van der Waals surface area (Å²) in [6.07, 6.45) is 3.62. The van der Waals surface area contributed by atoms with E-state index in [0.29, 0.717) is 12.1 Å². The largest absolute Gasteiger partial charge is 0.369 e. The van der Waals surface area contributed by atoms with Crippen LogP contribution in [0, 0.1) is 0 Å². The summed E-state index contributed by atoms with van der Waals surface area (Å²) in [4.78, 5) is 7.21. The van der Waals surface area contributed by atoms with E-state index in [2.05, 4.69) is 50.0 Å². The van der Waals surface area contributed by atoms with Crippen LogP contribution in [0.4, 0.5) is 5.82 Å². The SMILES string of the molecule is CC(C)N(CCNc1ccc2c(n1)CCC2)C(C)C. The van der Waals surface area contributed by atoms with Gasteiger partial charge in [-0.05, 0) is 58.6 Å². The minimum absolute atomic E-state index is 0.592. The van der Waals surface area contributed by atoms with Crippen LogP contribution < -0.4 is 5.32 Å². The van der Waals surface area contributed by atoms with Crippen molar-refractivity contribution in [2.75, 3.05) is 18.4 Å². The molecule has 0 fully saturated rings. The second-order valence-electron chi connectivity index (χ2n) is 6.01. The Morgan fingerprint density at radius 2 is 1.89 bits per heavy atom. The molecule has 106 valence electrons. The third-order valence-corrected chi connectivity index (χ3v) is 3.93. The maximum atomic E-state index is 4.71. The average molecular weight is 261 g/mol. The molecule has 0 amide bonds. The van der Waals surface area contributed by atoms with Crippen molar-refractivity contribution < 1.29 is 0 Å². The molecular formula is C16H27N3. The maximum Gasteiger partial charge on any atom is 0.126 e. The van der Waals surface area contributed by atoms with Crippen molar-refractivity contribution in [3.05, 3.63) is 23.4 Å². The van der Waals surface area contributed by atoms with Gasteiger partial charge in [0.25, 0.3) is 0 Å². The summed E-state index contributed by atoms with van der Waals surface area (Å²) < 4.78 is 0. The lowest BCUT2D eigenvalue weighted by Gasteiger charge is -2.30. The van der Waals surface area contributed by atoms with Crippen molar-refractivity contribution >= 4 is 5.82 Å². The molecule has 0 atom stereocenters. The lowest BCUT2D eigenvalue weighted by Crippen LogP contribution is -2.40. The summed E-state index contributed by atoms with van der Waals surface area (Å²) in [5, 5.41) is 3.46. The van der Waals surface area contributed by atoms with Gasteiger partial charge in [-0.1, -0.05) is 6.07 Å². The summed E-state index contributed by atoms with van der Waals surface area (Å²) in [6, 6.07) is 5.55. The minimum Gasteiger partial charge on any atom is -0.369 e. The van der Waals surface area contributed by atoms with Gasteiger partial charge in [-0.15, -0.1) is 0 Å². The molecule has 0 bridgehead atoms. The van der Waals surface area contributed by atoms with Gasteiger partial charge in [-0.3, -0.25) is 4.90 Å². The number of aryl methyl sites for hydroxylation is 2. The Hall–Kier alpha value is -1.09. The third-order valence-electron chi connectivity index (χ3n) is 3.93. The predicted octanol–water partition coefficient (Wildman–Crippen LogP) is 3.10. The van der Waals surface area contributed by atoms with Crippen molar-refractivity contribution in [3.8, 4) is 0 Å². The summed E-state index contributed by atoms with van der Waals surface area (Å²) in [6.45, 7) is 11.1. The Morgan fingerprint density at radius 1 is 1.16 bits per heavy atom. The van der Waals surface area contributed by atoms with Gasteiger partial charge >= 0.3 is 0 Å². The monoisotopic (exact) mass is 261 g/mol. The Morgan fingerprint density at radius 3 is 2.58 bits per heavy atom. The van der Waals surface area contributed by atoms with E-state index in [1.165, 1.54) is 24.1 Å². The topological polar surface area (TPSA) is 28.2 Å². The van der Waals surface area contributed by atoms with E-state index in [9.17, 15) is 0 Å². The number of hydrogen-bond acceptors (Lipinski definition) is 3. The Kier molecular flexibility index (Phi) is 4.81. The summed E-state index contributed by atoms with van der Waals surface area (Å²) in [5.74, 6) is 1.04. The summed E-state index contributed by atoms with van der Waals surface area (Å²) >= 11 is 0. The van der Waals surface area contributed by atoms with E-state index in [1.54, 1.807) is 0 Å². The van der Waals surface area contributed by atoms with Gasteiger partial charge in [0.2, 0.25) is 0 Å². The van der Waals surface area contributed by atoms with Crippen molar-refractivity contribution in [1.82, 2.24) is 9.88 Å². The molecule has 0 saturated carbocycles. The molecule has 1 aromatic heterocycles. The van der Waals surface area contributed by atoms with Gasteiger partial charge in [-0.2, -0.15) is 0 Å². The van der Waals surface area contributed by atoms with Crippen LogP contribution >= 0.6 is 0 Å². The highest BCUT2D eigenvalue weighted by molar-refractivity contribution is 5.40. The molecule has 19 heavy (non-hydrogen) atoms. The molecule has 1 N–H and O–H groups in total. The van der Waals surface area contributed by atoms with E-state index >= 15 is 0 Å². The molecule has 0 unspecified atom stereocenters.